The van der Waals surface area contributed by atoms with Crippen molar-refractivity contribution in [2.24, 2.45) is 0 Å². The first-order valence-corrected chi connectivity index (χ1v) is 9.34. The fourth-order valence-corrected chi connectivity index (χ4v) is 3.21. The van der Waals surface area contributed by atoms with Crippen LogP contribution in [0.15, 0.2) is 24.3 Å². The first-order valence-electron chi connectivity index (χ1n) is 9.34. The lowest BCUT2D eigenvalue weighted by Crippen LogP contribution is -2.46. The van der Waals surface area contributed by atoms with Crippen molar-refractivity contribution < 1.29 is 9.47 Å². The molecule has 1 aliphatic heterocycles. The van der Waals surface area contributed by atoms with Gasteiger partial charge in [-0.25, -0.2) is 0 Å². The van der Waals surface area contributed by atoms with Crippen molar-refractivity contribution in [1.29, 1.82) is 5.26 Å². The molecule has 1 N–H and O–H groups in total. The van der Waals surface area contributed by atoms with E-state index in [1.165, 1.54) is 5.56 Å². The van der Waals surface area contributed by atoms with Crippen LogP contribution in [-0.4, -0.2) is 49.9 Å². The Bertz CT molecular complexity index is 534. The quantitative estimate of drug-likeness (QED) is 0.661. The third kappa shape index (κ3) is 7.87. The molecule has 25 heavy (non-hydrogen) atoms. The van der Waals surface area contributed by atoms with E-state index < -0.39 is 0 Å². The second-order valence-electron chi connectivity index (χ2n) is 6.80. The van der Waals surface area contributed by atoms with Crippen molar-refractivity contribution in [2.45, 2.75) is 51.9 Å². The molecule has 1 aromatic carbocycles. The van der Waals surface area contributed by atoms with Gasteiger partial charge in [0.1, 0.15) is 5.75 Å². The number of nitrogens with zero attached hydrogens (tertiary/aromatic N) is 2. The molecule has 2 atom stereocenters. The average Bonchev–Trinajstić information content (AvgIpc) is 2.58. The second-order valence-corrected chi connectivity index (χ2v) is 6.80. The maximum atomic E-state index is 8.53. The Kier molecular flexibility index (Phi) is 8.75. The lowest BCUT2D eigenvalue weighted by atomic mass is 10.2. The summed E-state index contributed by atoms with van der Waals surface area (Å²) in [7, 11) is 0. The first kappa shape index (κ1) is 19.7. The van der Waals surface area contributed by atoms with E-state index in [4.69, 9.17) is 14.7 Å². The van der Waals surface area contributed by atoms with Crippen LogP contribution in [0.5, 0.6) is 5.75 Å². The maximum absolute atomic E-state index is 8.53. The van der Waals surface area contributed by atoms with Crippen molar-refractivity contribution in [3.8, 4) is 11.8 Å². The molecule has 0 bridgehead atoms. The number of unbranched alkanes of at least 4 members (excludes halogenated alkanes) is 1. The Balaban J connectivity index is 1.60. The van der Waals surface area contributed by atoms with E-state index in [2.05, 4.69) is 42.3 Å². The van der Waals surface area contributed by atoms with Crippen LogP contribution in [0.3, 0.4) is 0 Å². The van der Waals surface area contributed by atoms with Gasteiger partial charge in [-0.1, -0.05) is 12.1 Å². The largest absolute Gasteiger partial charge is 0.494 e. The van der Waals surface area contributed by atoms with Gasteiger partial charge < -0.3 is 14.8 Å². The number of hydrogen-bond acceptors (Lipinski definition) is 5. The zero-order chi connectivity index (χ0) is 17.9. The van der Waals surface area contributed by atoms with Gasteiger partial charge in [0.15, 0.2) is 0 Å². The fraction of sp³-hybridized carbons (Fsp3) is 0.650. The predicted octanol–water partition coefficient (Wildman–Crippen LogP) is 2.96. The number of nitrogens with one attached hydrogen (secondary N) is 1. The minimum absolute atomic E-state index is 0.340. The monoisotopic (exact) mass is 345 g/mol. The average molecular weight is 345 g/mol. The minimum Gasteiger partial charge on any atom is -0.494 e. The minimum atomic E-state index is 0.340. The van der Waals surface area contributed by atoms with E-state index in [0.29, 0.717) is 25.2 Å². The van der Waals surface area contributed by atoms with Gasteiger partial charge in [-0.2, -0.15) is 5.26 Å². The molecule has 0 amide bonds. The Morgan fingerprint density at radius 2 is 2.08 bits per heavy atom. The van der Waals surface area contributed by atoms with Gasteiger partial charge in [0.05, 0.1) is 24.9 Å². The third-order valence-electron chi connectivity index (χ3n) is 4.25. The van der Waals surface area contributed by atoms with Crippen LogP contribution in [0.1, 0.15) is 38.7 Å². The predicted molar refractivity (Wildman–Crippen MR) is 99.6 cm³/mol. The summed E-state index contributed by atoms with van der Waals surface area (Å²) in [5.41, 5.74) is 1.23. The molecule has 2 unspecified atom stereocenters. The van der Waals surface area contributed by atoms with Crippen molar-refractivity contribution in [2.75, 3.05) is 32.8 Å². The topological polar surface area (TPSA) is 57.5 Å². The van der Waals surface area contributed by atoms with Crippen LogP contribution in [0.25, 0.3) is 0 Å². The summed E-state index contributed by atoms with van der Waals surface area (Å²) >= 11 is 0. The van der Waals surface area contributed by atoms with Crippen LogP contribution in [-0.2, 0) is 11.3 Å². The molecule has 0 spiro atoms. The van der Waals surface area contributed by atoms with Crippen LogP contribution in [0, 0.1) is 11.3 Å². The Hall–Kier alpha value is -1.61. The van der Waals surface area contributed by atoms with Crippen molar-refractivity contribution in [3.63, 3.8) is 0 Å². The van der Waals surface area contributed by atoms with Gasteiger partial charge in [0, 0.05) is 26.1 Å². The van der Waals surface area contributed by atoms with Gasteiger partial charge in [-0.15, -0.1) is 0 Å². The Labute approximate surface area is 151 Å². The van der Waals surface area contributed by atoms with Crippen molar-refractivity contribution in [1.82, 2.24) is 10.2 Å². The molecule has 138 valence electrons. The van der Waals surface area contributed by atoms with Gasteiger partial charge in [-0.3, -0.25) is 4.90 Å². The summed E-state index contributed by atoms with van der Waals surface area (Å²) in [5, 5.41) is 12.0. The molecule has 2 rings (SSSR count). The van der Waals surface area contributed by atoms with Gasteiger partial charge >= 0.3 is 0 Å². The highest BCUT2D eigenvalue weighted by Crippen LogP contribution is 2.14. The fourth-order valence-electron chi connectivity index (χ4n) is 3.21. The van der Waals surface area contributed by atoms with Crippen molar-refractivity contribution in [3.05, 3.63) is 29.8 Å². The van der Waals surface area contributed by atoms with Gasteiger partial charge in [-0.05, 0) is 57.5 Å². The van der Waals surface area contributed by atoms with Crippen LogP contribution < -0.4 is 10.1 Å². The molecule has 1 aromatic rings. The number of rotatable bonds is 10. The van der Waals surface area contributed by atoms with E-state index in [1.807, 2.05) is 12.1 Å². The van der Waals surface area contributed by atoms with Crippen LogP contribution in [0.2, 0.25) is 0 Å². The molecule has 0 saturated carbocycles. The Morgan fingerprint density at radius 1 is 1.28 bits per heavy atom. The molecule has 5 nitrogen and oxygen atoms in total. The number of ether oxygens (including phenoxy) is 2. The zero-order valence-electron chi connectivity index (χ0n) is 15.5. The molecule has 0 aliphatic carbocycles. The summed E-state index contributed by atoms with van der Waals surface area (Å²) in [6.07, 6.45) is 3.14. The lowest BCUT2D eigenvalue weighted by molar-refractivity contribution is -0.0680. The summed E-state index contributed by atoms with van der Waals surface area (Å²) < 4.78 is 11.4. The molecule has 1 aliphatic rings. The molecule has 1 fully saturated rings. The molecule has 1 saturated heterocycles. The van der Waals surface area contributed by atoms with Gasteiger partial charge in [0.25, 0.3) is 0 Å². The van der Waals surface area contributed by atoms with Crippen LogP contribution in [0.4, 0.5) is 0 Å². The molecule has 5 heteroatoms. The molecule has 0 radical (unpaired) electrons. The highest BCUT2D eigenvalue weighted by molar-refractivity contribution is 5.28. The lowest BCUT2D eigenvalue weighted by Gasteiger charge is -2.35. The SMILES string of the molecule is CC1CN(CCCNCc2cccc(OCCCC#N)c2)CC(C)O1. The maximum Gasteiger partial charge on any atom is 0.119 e. The molecule has 0 aromatic heterocycles. The third-order valence-corrected chi connectivity index (χ3v) is 4.25. The molecular formula is C20H31N3O2. The van der Waals surface area contributed by atoms with E-state index >= 15 is 0 Å². The van der Waals surface area contributed by atoms with E-state index in [0.717, 1.165) is 51.3 Å². The summed E-state index contributed by atoms with van der Waals surface area (Å²) in [5.74, 6) is 0.883. The van der Waals surface area contributed by atoms with E-state index in [1.54, 1.807) is 0 Å². The van der Waals surface area contributed by atoms with Crippen LogP contribution >= 0.6 is 0 Å². The highest BCUT2D eigenvalue weighted by atomic mass is 16.5. The summed E-state index contributed by atoms with van der Waals surface area (Å²) in [6.45, 7) is 9.95. The highest BCUT2D eigenvalue weighted by Gasteiger charge is 2.21. The number of nitriles is 1. The van der Waals surface area contributed by atoms with Crippen molar-refractivity contribution >= 4 is 0 Å². The van der Waals surface area contributed by atoms with E-state index in [9.17, 15) is 0 Å². The molecule has 1 heterocycles. The molecular weight excluding hydrogens is 314 g/mol. The summed E-state index contributed by atoms with van der Waals surface area (Å²) in [4.78, 5) is 2.50. The second kappa shape index (κ2) is 11.1. The zero-order valence-corrected chi connectivity index (χ0v) is 15.5. The Morgan fingerprint density at radius 3 is 2.84 bits per heavy atom. The number of morpholine rings is 1. The number of benzene rings is 1. The number of hydrogen-bond donors (Lipinski definition) is 1. The first-order chi connectivity index (χ1) is 12.2. The normalized spacial score (nSPS) is 21.0. The van der Waals surface area contributed by atoms with E-state index in [-0.39, 0.29) is 0 Å². The standard InChI is InChI=1S/C20H31N3O2/c1-17-15-23(16-18(2)25-17)11-6-10-22-14-19-7-5-8-20(13-19)24-12-4-3-9-21/h5,7-8,13,17-18,22H,3-4,6,10-12,14-16H2,1-2H3. The smallest absolute Gasteiger partial charge is 0.119 e. The summed E-state index contributed by atoms with van der Waals surface area (Å²) in [6, 6.07) is 10.3. The van der Waals surface area contributed by atoms with Gasteiger partial charge in [0.2, 0.25) is 0 Å².